The lowest BCUT2D eigenvalue weighted by atomic mass is 10.1. The van der Waals surface area contributed by atoms with Crippen molar-refractivity contribution in [3.63, 3.8) is 0 Å². The van der Waals surface area contributed by atoms with E-state index >= 15 is 0 Å². The van der Waals surface area contributed by atoms with E-state index in [4.69, 9.17) is 5.11 Å². The summed E-state index contributed by atoms with van der Waals surface area (Å²) in [6.45, 7) is 2.09. The number of rotatable bonds is 7. The zero-order valence-corrected chi connectivity index (χ0v) is 15.5. The Kier molecular flexibility index (Phi) is 6.26. The third-order valence-corrected chi connectivity index (χ3v) is 4.64. The molecule has 0 saturated carbocycles. The SMILES string of the molecule is O=C(NCc1ccc(C(=O)O)cc1)NCc1cccc(CN2CCCC2=O)c1. The van der Waals surface area contributed by atoms with Crippen molar-refractivity contribution in [3.8, 4) is 0 Å². The summed E-state index contributed by atoms with van der Waals surface area (Å²) in [7, 11) is 0. The number of carboxylic acids is 1. The number of likely N-dealkylation sites (tertiary alicyclic amines) is 1. The number of urea groups is 1. The minimum Gasteiger partial charge on any atom is -0.478 e. The highest BCUT2D eigenvalue weighted by Gasteiger charge is 2.19. The molecule has 1 saturated heterocycles. The van der Waals surface area contributed by atoms with E-state index in [2.05, 4.69) is 10.6 Å². The second kappa shape index (κ2) is 9.03. The number of benzene rings is 2. The third-order valence-electron chi connectivity index (χ3n) is 4.64. The fourth-order valence-electron chi connectivity index (χ4n) is 3.12. The minimum atomic E-state index is -0.978. The molecule has 1 heterocycles. The molecule has 0 aromatic heterocycles. The van der Waals surface area contributed by atoms with Gasteiger partial charge in [-0.25, -0.2) is 9.59 Å². The topological polar surface area (TPSA) is 98.7 Å². The van der Waals surface area contributed by atoms with Crippen LogP contribution < -0.4 is 10.6 Å². The van der Waals surface area contributed by atoms with Crippen molar-refractivity contribution in [1.29, 1.82) is 0 Å². The van der Waals surface area contributed by atoms with Gasteiger partial charge in [0.2, 0.25) is 5.91 Å². The number of hydrogen-bond acceptors (Lipinski definition) is 3. The van der Waals surface area contributed by atoms with Crippen LogP contribution in [0, 0.1) is 0 Å². The normalized spacial score (nSPS) is 13.4. The van der Waals surface area contributed by atoms with Crippen LogP contribution in [0.15, 0.2) is 48.5 Å². The van der Waals surface area contributed by atoms with Crippen LogP contribution in [-0.4, -0.2) is 34.5 Å². The van der Waals surface area contributed by atoms with Crippen molar-refractivity contribution in [3.05, 3.63) is 70.8 Å². The van der Waals surface area contributed by atoms with Crippen LogP contribution in [0.25, 0.3) is 0 Å². The number of carbonyl (C=O) groups excluding carboxylic acids is 2. The monoisotopic (exact) mass is 381 g/mol. The van der Waals surface area contributed by atoms with E-state index in [0.717, 1.165) is 29.7 Å². The van der Waals surface area contributed by atoms with Crippen molar-refractivity contribution in [2.45, 2.75) is 32.5 Å². The van der Waals surface area contributed by atoms with Gasteiger partial charge in [0.25, 0.3) is 0 Å². The Balaban J connectivity index is 1.45. The van der Waals surface area contributed by atoms with Gasteiger partial charge in [0.05, 0.1) is 5.56 Å². The third kappa shape index (κ3) is 5.33. The van der Waals surface area contributed by atoms with Crippen LogP contribution in [0.2, 0.25) is 0 Å². The summed E-state index contributed by atoms with van der Waals surface area (Å²) in [5.41, 5.74) is 3.04. The summed E-state index contributed by atoms with van der Waals surface area (Å²) < 4.78 is 0. The molecule has 1 aliphatic heterocycles. The Labute approximate surface area is 163 Å². The molecule has 1 aliphatic rings. The molecule has 2 aromatic rings. The number of hydrogen-bond donors (Lipinski definition) is 3. The van der Waals surface area contributed by atoms with E-state index < -0.39 is 5.97 Å². The number of carboxylic acid groups (broad SMARTS) is 1. The highest BCUT2D eigenvalue weighted by molar-refractivity contribution is 5.87. The molecule has 7 heteroatoms. The summed E-state index contributed by atoms with van der Waals surface area (Å²) in [6.07, 6.45) is 1.54. The summed E-state index contributed by atoms with van der Waals surface area (Å²) in [5, 5.41) is 14.4. The molecule has 0 bridgehead atoms. The summed E-state index contributed by atoms with van der Waals surface area (Å²) in [5.74, 6) is -0.784. The second-order valence-electron chi connectivity index (χ2n) is 6.78. The number of amides is 3. The summed E-state index contributed by atoms with van der Waals surface area (Å²) in [6, 6.07) is 13.9. The molecular weight excluding hydrogens is 358 g/mol. The van der Waals surface area contributed by atoms with Crippen molar-refractivity contribution < 1.29 is 19.5 Å². The number of nitrogens with one attached hydrogen (secondary N) is 2. The van der Waals surface area contributed by atoms with Crippen LogP contribution in [0.5, 0.6) is 0 Å². The van der Waals surface area contributed by atoms with Crippen LogP contribution in [0.4, 0.5) is 4.79 Å². The van der Waals surface area contributed by atoms with Crippen molar-refractivity contribution in [1.82, 2.24) is 15.5 Å². The van der Waals surface area contributed by atoms with Gasteiger partial charge in [-0.2, -0.15) is 0 Å². The lowest BCUT2D eigenvalue weighted by Crippen LogP contribution is -2.34. The maximum Gasteiger partial charge on any atom is 0.335 e. The van der Waals surface area contributed by atoms with Crippen molar-refractivity contribution >= 4 is 17.9 Å². The number of aromatic carboxylic acids is 1. The predicted molar refractivity (Wildman–Crippen MR) is 104 cm³/mol. The highest BCUT2D eigenvalue weighted by Crippen LogP contribution is 2.15. The molecule has 1 fully saturated rings. The fraction of sp³-hybridized carbons (Fsp3) is 0.286. The lowest BCUT2D eigenvalue weighted by Gasteiger charge is -2.16. The Hall–Kier alpha value is -3.35. The van der Waals surface area contributed by atoms with E-state index in [1.54, 1.807) is 12.1 Å². The first-order chi connectivity index (χ1) is 13.5. The molecule has 3 rings (SSSR count). The molecule has 146 valence electrons. The standard InChI is InChI=1S/C21H23N3O4/c25-19-5-2-10-24(19)14-17-4-1-3-16(11-17)13-23-21(28)22-12-15-6-8-18(9-7-15)20(26)27/h1,3-4,6-9,11H,2,5,10,12-14H2,(H,26,27)(H2,22,23,28). The molecular formula is C21H23N3O4. The second-order valence-corrected chi connectivity index (χ2v) is 6.78. The summed E-state index contributed by atoms with van der Waals surface area (Å²) >= 11 is 0. The smallest absolute Gasteiger partial charge is 0.335 e. The molecule has 0 aliphatic carbocycles. The molecule has 28 heavy (non-hydrogen) atoms. The first-order valence-corrected chi connectivity index (χ1v) is 9.21. The van der Waals surface area contributed by atoms with Crippen LogP contribution in [-0.2, 0) is 24.4 Å². The largest absolute Gasteiger partial charge is 0.478 e. The quantitative estimate of drug-likeness (QED) is 0.686. The Morgan fingerprint density at radius 2 is 1.64 bits per heavy atom. The zero-order chi connectivity index (χ0) is 19.9. The van der Waals surface area contributed by atoms with Crippen LogP contribution in [0.3, 0.4) is 0 Å². The minimum absolute atomic E-state index is 0.194. The lowest BCUT2D eigenvalue weighted by molar-refractivity contribution is -0.128. The van der Waals surface area contributed by atoms with Crippen LogP contribution >= 0.6 is 0 Å². The predicted octanol–water partition coefficient (Wildman–Crippen LogP) is 2.51. The van der Waals surface area contributed by atoms with Gasteiger partial charge in [0.15, 0.2) is 0 Å². The van der Waals surface area contributed by atoms with Gasteiger partial charge < -0.3 is 20.6 Å². The van der Waals surface area contributed by atoms with Gasteiger partial charge in [0, 0.05) is 32.6 Å². The maximum absolute atomic E-state index is 12.0. The van der Waals surface area contributed by atoms with E-state index in [-0.39, 0.29) is 17.5 Å². The average Bonchev–Trinajstić information content (AvgIpc) is 3.10. The summed E-state index contributed by atoms with van der Waals surface area (Å²) in [4.78, 5) is 36.4. The molecule has 2 aromatic carbocycles. The molecule has 0 radical (unpaired) electrons. The maximum atomic E-state index is 12.0. The molecule has 3 N–H and O–H groups in total. The van der Waals surface area contributed by atoms with Gasteiger partial charge in [-0.15, -0.1) is 0 Å². The Morgan fingerprint density at radius 3 is 2.29 bits per heavy atom. The van der Waals surface area contributed by atoms with Gasteiger partial charge in [-0.05, 0) is 35.2 Å². The van der Waals surface area contributed by atoms with Crippen LogP contribution in [0.1, 0.15) is 39.9 Å². The van der Waals surface area contributed by atoms with Gasteiger partial charge in [-0.1, -0.05) is 36.4 Å². The molecule has 0 atom stereocenters. The molecule has 3 amide bonds. The van der Waals surface area contributed by atoms with Gasteiger partial charge >= 0.3 is 12.0 Å². The van der Waals surface area contributed by atoms with E-state index in [9.17, 15) is 14.4 Å². The Bertz CT molecular complexity index is 864. The first kappa shape index (κ1) is 19.4. The fourth-order valence-corrected chi connectivity index (χ4v) is 3.12. The van der Waals surface area contributed by atoms with E-state index in [1.807, 2.05) is 29.2 Å². The number of nitrogens with zero attached hydrogens (tertiary/aromatic N) is 1. The molecule has 7 nitrogen and oxygen atoms in total. The average molecular weight is 381 g/mol. The van der Waals surface area contributed by atoms with Crippen molar-refractivity contribution in [2.24, 2.45) is 0 Å². The first-order valence-electron chi connectivity index (χ1n) is 9.21. The van der Waals surface area contributed by atoms with Gasteiger partial charge in [-0.3, -0.25) is 4.79 Å². The van der Waals surface area contributed by atoms with Crippen molar-refractivity contribution in [2.75, 3.05) is 6.54 Å². The highest BCUT2D eigenvalue weighted by atomic mass is 16.4. The van der Waals surface area contributed by atoms with Gasteiger partial charge in [0.1, 0.15) is 0 Å². The zero-order valence-electron chi connectivity index (χ0n) is 15.5. The molecule has 0 unspecified atom stereocenters. The van der Waals surface area contributed by atoms with E-state index in [1.165, 1.54) is 12.1 Å². The van der Waals surface area contributed by atoms with E-state index in [0.29, 0.717) is 26.1 Å². The molecule has 0 spiro atoms. The number of carbonyl (C=O) groups is 3. The Morgan fingerprint density at radius 1 is 0.964 bits per heavy atom.